The van der Waals surface area contributed by atoms with Crippen LogP contribution in [0.15, 0.2) is 72.1 Å². The molecular weight excluding hydrogens is 365 g/mol. The molecule has 5 rings (SSSR count). The van der Waals surface area contributed by atoms with Crippen LogP contribution >= 0.6 is 0 Å². The lowest BCUT2D eigenvalue weighted by Gasteiger charge is -2.35. The summed E-state index contributed by atoms with van der Waals surface area (Å²) in [5.41, 5.74) is 6.41. The van der Waals surface area contributed by atoms with E-state index in [1.54, 1.807) is 19.3 Å². The SMILES string of the molecule is CCC(C(C)F)C1ON=C2c3cc(-c4ccncc4)ccc3-c3ccccc3N21. The first-order valence-electron chi connectivity index (χ1n) is 10.0. The smallest absolute Gasteiger partial charge is 0.211 e. The van der Waals surface area contributed by atoms with Crippen LogP contribution < -0.4 is 4.90 Å². The third kappa shape index (κ3) is 2.80. The van der Waals surface area contributed by atoms with Crippen molar-refractivity contribution in [3.05, 3.63) is 72.6 Å². The van der Waals surface area contributed by atoms with Crippen molar-refractivity contribution < 1.29 is 9.23 Å². The van der Waals surface area contributed by atoms with Crippen LogP contribution in [-0.4, -0.2) is 23.2 Å². The molecule has 0 saturated carbocycles. The maximum atomic E-state index is 14.4. The van der Waals surface area contributed by atoms with Crippen molar-refractivity contribution in [2.75, 3.05) is 4.90 Å². The van der Waals surface area contributed by atoms with Gasteiger partial charge in [-0.2, -0.15) is 0 Å². The first kappa shape index (κ1) is 17.9. The number of halogens is 1. The first-order valence-corrected chi connectivity index (χ1v) is 10.0. The molecule has 3 heterocycles. The number of para-hydroxylation sites is 1. The van der Waals surface area contributed by atoms with Crippen molar-refractivity contribution in [2.24, 2.45) is 11.1 Å². The Morgan fingerprint density at radius 3 is 2.55 bits per heavy atom. The highest BCUT2D eigenvalue weighted by Gasteiger charge is 2.43. The van der Waals surface area contributed by atoms with E-state index in [0.717, 1.165) is 39.3 Å². The van der Waals surface area contributed by atoms with E-state index in [2.05, 4.69) is 45.4 Å². The van der Waals surface area contributed by atoms with Gasteiger partial charge in [0.25, 0.3) is 0 Å². The fourth-order valence-electron chi connectivity index (χ4n) is 4.37. The molecule has 0 N–H and O–H groups in total. The topological polar surface area (TPSA) is 37.7 Å². The Morgan fingerprint density at radius 2 is 1.79 bits per heavy atom. The van der Waals surface area contributed by atoms with E-state index in [9.17, 15) is 4.39 Å². The highest BCUT2D eigenvalue weighted by molar-refractivity contribution is 6.20. The number of hydrogen-bond donors (Lipinski definition) is 0. The number of fused-ring (bicyclic) bond motifs is 6. The van der Waals surface area contributed by atoms with Crippen LogP contribution in [0.4, 0.5) is 10.1 Å². The molecule has 146 valence electrons. The van der Waals surface area contributed by atoms with E-state index in [1.165, 1.54) is 0 Å². The quantitative estimate of drug-likeness (QED) is 0.582. The van der Waals surface area contributed by atoms with Gasteiger partial charge in [0.2, 0.25) is 6.23 Å². The van der Waals surface area contributed by atoms with Gasteiger partial charge in [-0.3, -0.25) is 9.88 Å². The molecule has 3 aromatic rings. The predicted octanol–water partition coefficient (Wildman–Crippen LogP) is 5.64. The van der Waals surface area contributed by atoms with Crippen molar-refractivity contribution in [2.45, 2.75) is 32.7 Å². The summed E-state index contributed by atoms with van der Waals surface area (Å²) in [7, 11) is 0. The Bertz CT molecular complexity index is 1080. The summed E-state index contributed by atoms with van der Waals surface area (Å²) in [6, 6.07) is 18.6. The third-order valence-electron chi connectivity index (χ3n) is 5.89. The molecule has 3 unspecified atom stereocenters. The number of rotatable bonds is 4. The maximum Gasteiger partial charge on any atom is 0.211 e. The largest absolute Gasteiger partial charge is 0.368 e. The van der Waals surface area contributed by atoms with Crippen LogP contribution in [-0.2, 0) is 4.84 Å². The molecule has 0 amide bonds. The molecule has 4 nitrogen and oxygen atoms in total. The number of aromatic nitrogens is 1. The molecule has 1 aromatic heterocycles. The van der Waals surface area contributed by atoms with Crippen molar-refractivity contribution >= 4 is 11.5 Å². The summed E-state index contributed by atoms with van der Waals surface area (Å²) in [6.07, 6.45) is 2.81. The van der Waals surface area contributed by atoms with Gasteiger partial charge in [0.15, 0.2) is 5.84 Å². The third-order valence-corrected chi connectivity index (χ3v) is 5.89. The van der Waals surface area contributed by atoms with Crippen LogP contribution in [0.5, 0.6) is 0 Å². The Morgan fingerprint density at radius 1 is 1.00 bits per heavy atom. The average molecular weight is 387 g/mol. The number of benzene rings is 2. The second-order valence-electron chi connectivity index (χ2n) is 7.54. The van der Waals surface area contributed by atoms with Crippen molar-refractivity contribution in [3.8, 4) is 22.3 Å². The van der Waals surface area contributed by atoms with Gasteiger partial charge in [0.05, 0.1) is 5.69 Å². The van der Waals surface area contributed by atoms with E-state index in [-0.39, 0.29) is 5.92 Å². The lowest BCUT2D eigenvalue weighted by atomic mass is 9.88. The lowest BCUT2D eigenvalue weighted by molar-refractivity contribution is 0.0119. The second kappa shape index (κ2) is 6.99. The number of pyridine rings is 1. The van der Waals surface area contributed by atoms with Gasteiger partial charge in [-0.15, -0.1) is 0 Å². The number of anilines is 1. The van der Waals surface area contributed by atoms with E-state index in [1.807, 2.05) is 31.2 Å². The van der Waals surface area contributed by atoms with E-state index in [0.29, 0.717) is 6.42 Å². The van der Waals surface area contributed by atoms with Gasteiger partial charge < -0.3 is 4.84 Å². The Hall–Kier alpha value is -3.21. The lowest BCUT2D eigenvalue weighted by Crippen LogP contribution is -2.45. The highest BCUT2D eigenvalue weighted by atomic mass is 19.1. The van der Waals surface area contributed by atoms with E-state index in [4.69, 9.17) is 4.84 Å². The molecule has 0 bridgehead atoms. The molecule has 3 atom stereocenters. The number of amidine groups is 1. The van der Waals surface area contributed by atoms with Gasteiger partial charge in [-0.1, -0.05) is 42.4 Å². The fourth-order valence-corrected chi connectivity index (χ4v) is 4.37. The molecule has 2 aliphatic heterocycles. The fraction of sp³-hybridized carbons (Fsp3) is 0.250. The first-order chi connectivity index (χ1) is 14.2. The molecule has 0 spiro atoms. The molecule has 29 heavy (non-hydrogen) atoms. The zero-order valence-electron chi connectivity index (χ0n) is 16.4. The van der Waals surface area contributed by atoms with Crippen LogP contribution in [0.2, 0.25) is 0 Å². The van der Waals surface area contributed by atoms with Crippen molar-refractivity contribution in [1.29, 1.82) is 0 Å². The number of alkyl halides is 1. The standard InChI is InChI=1S/C24H22FN3O/c1-3-18(15(2)25)24-28-22-7-5-4-6-20(22)19-9-8-17(16-10-12-26-13-11-16)14-21(19)23(28)27-29-24/h4-15,18,24H,3H2,1-2H3. The summed E-state index contributed by atoms with van der Waals surface area (Å²) in [5.74, 6) is 0.480. The Kier molecular flexibility index (Phi) is 4.31. The van der Waals surface area contributed by atoms with Crippen molar-refractivity contribution in [3.63, 3.8) is 0 Å². The van der Waals surface area contributed by atoms with Gasteiger partial charge in [-0.25, -0.2) is 4.39 Å². The van der Waals surface area contributed by atoms with E-state index >= 15 is 0 Å². The molecule has 0 radical (unpaired) electrons. The van der Waals surface area contributed by atoms with Crippen LogP contribution in [0, 0.1) is 5.92 Å². The van der Waals surface area contributed by atoms with Gasteiger partial charge in [0, 0.05) is 29.4 Å². The zero-order valence-corrected chi connectivity index (χ0v) is 16.4. The Labute approximate surface area is 169 Å². The maximum absolute atomic E-state index is 14.4. The summed E-state index contributed by atoms with van der Waals surface area (Å²) in [5, 5.41) is 4.43. The Balaban J connectivity index is 1.67. The average Bonchev–Trinajstić information content (AvgIpc) is 3.20. The minimum absolute atomic E-state index is 0.269. The second-order valence-corrected chi connectivity index (χ2v) is 7.54. The van der Waals surface area contributed by atoms with Gasteiger partial charge in [0.1, 0.15) is 6.17 Å². The predicted molar refractivity (Wildman–Crippen MR) is 113 cm³/mol. The monoisotopic (exact) mass is 387 g/mol. The summed E-state index contributed by atoms with van der Waals surface area (Å²) in [4.78, 5) is 12.0. The molecule has 0 saturated heterocycles. The van der Waals surface area contributed by atoms with Crippen molar-refractivity contribution in [1.82, 2.24) is 4.98 Å². The number of oxime groups is 1. The number of hydrogen-bond acceptors (Lipinski definition) is 4. The summed E-state index contributed by atoms with van der Waals surface area (Å²) < 4.78 is 14.4. The molecule has 0 aliphatic carbocycles. The van der Waals surface area contributed by atoms with Gasteiger partial charge >= 0.3 is 0 Å². The van der Waals surface area contributed by atoms with Gasteiger partial charge in [-0.05, 0) is 54.3 Å². The molecule has 5 heteroatoms. The van der Waals surface area contributed by atoms with Crippen LogP contribution in [0.1, 0.15) is 25.8 Å². The van der Waals surface area contributed by atoms with E-state index < -0.39 is 12.4 Å². The molecule has 2 aliphatic rings. The summed E-state index contributed by atoms with van der Waals surface area (Å²) in [6.45, 7) is 3.59. The molecule has 2 aromatic carbocycles. The molecular formula is C24H22FN3O. The summed E-state index contributed by atoms with van der Waals surface area (Å²) >= 11 is 0. The van der Waals surface area contributed by atoms with Crippen LogP contribution in [0.25, 0.3) is 22.3 Å². The van der Waals surface area contributed by atoms with Crippen LogP contribution in [0.3, 0.4) is 0 Å². The minimum Gasteiger partial charge on any atom is -0.368 e. The molecule has 0 fully saturated rings. The highest BCUT2D eigenvalue weighted by Crippen LogP contribution is 2.45. The minimum atomic E-state index is -0.990. The zero-order chi connectivity index (χ0) is 20.0. The number of nitrogens with zero attached hydrogens (tertiary/aromatic N) is 3. The normalized spacial score (nSPS) is 18.8.